The van der Waals surface area contributed by atoms with Crippen LogP contribution in [0.3, 0.4) is 0 Å². The van der Waals surface area contributed by atoms with Gasteiger partial charge in [-0.25, -0.2) is 4.98 Å². The van der Waals surface area contributed by atoms with Gasteiger partial charge < -0.3 is 4.90 Å². The lowest BCUT2D eigenvalue weighted by Crippen LogP contribution is -2.37. The lowest BCUT2D eigenvalue weighted by Gasteiger charge is -2.24. The summed E-state index contributed by atoms with van der Waals surface area (Å²) in [5.74, 6) is 0.0200. The van der Waals surface area contributed by atoms with E-state index in [1.54, 1.807) is 42.8 Å². The number of hydrogen-bond acceptors (Lipinski definition) is 4. The monoisotopic (exact) mass is 400 g/mol. The molecule has 0 bridgehead atoms. The van der Waals surface area contributed by atoms with E-state index in [9.17, 15) is 4.79 Å². The number of carbonyl (C=O) groups is 1. The molecule has 0 aliphatic carbocycles. The Hall–Kier alpha value is -3.31. The molecule has 1 aromatic carbocycles. The van der Waals surface area contributed by atoms with E-state index in [2.05, 4.69) is 21.0 Å². The summed E-state index contributed by atoms with van der Waals surface area (Å²) in [4.78, 5) is 28.0. The minimum atomic E-state index is -0.814. The van der Waals surface area contributed by atoms with Crippen molar-refractivity contribution >= 4 is 34.1 Å². The third-order valence-electron chi connectivity index (χ3n) is 5.76. The summed E-state index contributed by atoms with van der Waals surface area (Å²) < 4.78 is 0. The quantitative estimate of drug-likeness (QED) is 0.460. The molecule has 1 unspecified atom stereocenters. The van der Waals surface area contributed by atoms with Crippen LogP contribution in [0, 0.1) is 0 Å². The number of carbonyl (C=O) groups excluding carboxylic acids is 1. The molecule has 1 atom stereocenters. The van der Waals surface area contributed by atoms with Gasteiger partial charge in [-0.1, -0.05) is 17.7 Å². The molecule has 4 heterocycles. The minimum Gasteiger partial charge on any atom is -0.313 e. The zero-order chi connectivity index (χ0) is 20.2. The number of halogens is 1. The summed E-state index contributed by atoms with van der Waals surface area (Å²) in [6.07, 6.45) is 6.98. The molecule has 3 aromatic heterocycles. The van der Waals surface area contributed by atoms with Crippen LogP contribution < -0.4 is 4.90 Å². The fraction of sp³-hybridized carbons (Fsp3) is 0.130. The number of aromatic nitrogens is 3. The molecule has 142 valence electrons. The van der Waals surface area contributed by atoms with Gasteiger partial charge in [-0.15, -0.1) is 0 Å². The number of likely N-dealkylation sites (N-methyl/N-ethyl adjacent to an activating group) is 1. The lowest BCUT2D eigenvalue weighted by atomic mass is 9.76. The van der Waals surface area contributed by atoms with Crippen molar-refractivity contribution in [1.29, 1.82) is 0 Å². The van der Waals surface area contributed by atoms with Gasteiger partial charge in [-0.05, 0) is 54.4 Å². The number of hydrogen-bond donors (Lipinski definition) is 0. The number of benzene rings is 1. The minimum absolute atomic E-state index is 0.0200. The van der Waals surface area contributed by atoms with Crippen LogP contribution in [-0.4, -0.2) is 27.9 Å². The van der Waals surface area contributed by atoms with Crippen LogP contribution in [0.15, 0.2) is 67.3 Å². The van der Waals surface area contributed by atoms with E-state index >= 15 is 0 Å². The maximum atomic E-state index is 13.4. The van der Waals surface area contributed by atoms with Gasteiger partial charge in [0.05, 0.1) is 22.8 Å². The SMILES string of the molecule is CN1C(=O)C(C)(c2ccncc2)c2c1cnc1ccc(-c3ccc(Cl)nc3)cc21. The lowest BCUT2D eigenvalue weighted by molar-refractivity contribution is -0.121. The molecule has 1 amide bonds. The van der Waals surface area contributed by atoms with Crippen molar-refractivity contribution in [3.63, 3.8) is 0 Å². The molecule has 29 heavy (non-hydrogen) atoms. The van der Waals surface area contributed by atoms with Gasteiger partial charge in [0.2, 0.25) is 5.91 Å². The molecule has 1 aliphatic heterocycles. The highest BCUT2D eigenvalue weighted by Gasteiger charge is 2.48. The fourth-order valence-corrected chi connectivity index (χ4v) is 4.30. The maximum Gasteiger partial charge on any atom is 0.241 e. The van der Waals surface area contributed by atoms with E-state index in [0.29, 0.717) is 5.15 Å². The zero-order valence-electron chi connectivity index (χ0n) is 15.9. The Morgan fingerprint density at radius 3 is 2.45 bits per heavy atom. The van der Waals surface area contributed by atoms with Gasteiger partial charge in [0.15, 0.2) is 0 Å². The number of fused-ring (bicyclic) bond motifs is 3. The Balaban J connectivity index is 1.81. The molecule has 0 spiro atoms. The second-order valence-corrected chi connectivity index (χ2v) is 7.73. The van der Waals surface area contributed by atoms with Crippen molar-refractivity contribution in [3.05, 3.63) is 83.5 Å². The van der Waals surface area contributed by atoms with Crippen LogP contribution in [-0.2, 0) is 10.2 Å². The molecule has 1 aliphatic rings. The average Bonchev–Trinajstić information content (AvgIpc) is 2.97. The van der Waals surface area contributed by atoms with E-state index < -0.39 is 5.41 Å². The first-order valence-electron chi connectivity index (χ1n) is 9.24. The third-order valence-corrected chi connectivity index (χ3v) is 5.98. The van der Waals surface area contributed by atoms with Crippen LogP contribution in [0.4, 0.5) is 5.69 Å². The first-order chi connectivity index (χ1) is 14.0. The Kier molecular flexibility index (Phi) is 3.89. The normalized spacial score (nSPS) is 18.3. The molecule has 0 fully saturated rings. The summed E-state index contributed by atoms with van der Waals surface area (Å²) >= 11 is 5.94. The summed E-state index contributed by atoms with van der Waals surface area (Å²) in [7, 11) is 1.80. The highest BCUT2D eigenvalue weighted by atomic mass is 35.5. The summed E-state index contributed by atoms with van der Waals surface area (Å²) in [6, 6.07) is 13.6. The highest BCUT2D eigenvalue weighted by Crippen LogP contribution is 2.48. The van der Waals surface area contributed by atoms with Gasteiger partial charge in [0, 0.05) is 42.2 Å². The van der Waals surface area contributed by atoms with Crippen molar-refractivity contribution in [2.75, 3.05) is 11.9 Å². The Bertz CT molecular complexity index is 1260. The smallest absolute Gasteiger partial charge is 0.241 e. The van der Waals surface area contributed by atoms with Gasteiger partial charge in [-0.3, -0.25) is 14.8 Å². The number of anilines is 1. The summed E-state index contributed by atoms with van der Waals surface area (Å²) in [5, 5.41) is 1.40. The first kappa shape index (κ1) is 17.8. The number of nitrogens with zero attached hydrogens (tertiary/aromatic N) is 4. The van der Waals surface area contributed by atoms with E-state index in [4.69, 9.17) is 11.6 Å². The number of amides is 1. The predicted molar refractivity (Wildman–Crippen MR) is 114 cm³/mol. The maximum absolute atomic E-state index is 13.4. The second kappa shape index (κ2) is 6.36. The molecule has 5 nitrogen and oxygen atoms in total. The molecular weight excluding hydrogens is 384 g/mol. The largest absolute Gasteiger partial charge is 0.313 e. The van der Waals surface area contributed by atoms with Crippen LogP contribution >= 0.6 is 11.6 Å². The van der Waals surface area contributed by atoms with Crippen molar-refractivity contribution in [1.82, 2.24) is 15.0 Å². The van der Waals surface area contributed by atoms with E-state index in [0.717, 1.165) is 38.8 Å². The van der Waals surface area contributed by atoms with Crippen molar-refractivity contribution in [3.8, 4) is 11.1 Å². The molecular formula is C23H17ClN4O. The number of rotatable bonds is 2. The molecule has 0 radical (unpaired) electrons. The molecule has 4 aromatic rings. The van der Waals surface area contributed by atoms with Crippen LogP contribution in [0.25, 0.3) is 22.0 Å². The van der Waals surface area contributed by atoms with Crippen molar-refractivity contribution in [2.24, 2.45) is 0 Å². The van der Waals surface area contributed by atoms with Gasteiger partial charge in [-0.2, -0.15) is 0 Å². The molecule has 6 heteroatoms. The van der Waals surface area contributed by atoms with Gasteiger partial charge >= 0.3 is 0 Å². The summed E-state index contributed by atoms with van der Waals surface area (Å²) in [5.41, 5.74) is 4.68. The molecule has 5 rings (SSSR count). The van der Waals surface area contributed by atoms with Crippen molar-refractivity contribution in [2.45, 2.75) is 12.3 Å². The standard InChI is InChI=1S/C23H17ClN4O/c1-23(16-7-9-25-10-8-16)21-17-11-14(15-4-6-20(24)27-12-15)3-5-18(17)26-13-19(21)28(2)22(23)29/h3-13H,1-2H3. The second-order valence-electron chi connectivity index (χ2n) is 7.35. The Morgan fingerprint density at radius 1 is 0.966 bits per heavy atom. The van der Waals surface area contributed by atoms with Gasteiger partial charge in [0.1, 0.15) is 5.15 Å². The summed E-state index contributed by atoms with van der Waals surface area (Å²) in [6.45, 7) is 1.98. The molecule has 0 N–H and O–H groups in total. The third kappa shape index (κ3) is 2.54. The molecule has 0 saturated carbocycles. The van der Waals surface area contributed by atoms with Crippen molar-refractivity contribution < 1.29 is 4.79 Å². The van der Waals surface area contributed by atoms with E-state index in [-0.39, 0.29) is 5.91 Å². The van der Waals surface area contributed by atoms with Gasteiger partial charge in [0.25, 0.3) is 0 Å². The Labute approximate surface area is 173 Å². The topological polar surface area (TPSA) is 59.0 Å². The van der Waals surface area contributed by atoms with E-state index in [1.807, 2.05) is 37.3 Å². The first-order valence-corrected chi connectivity index (χ1v) is 9.62. The van der Waals surface area contributed by atoms with Crippen LogP contribution in [0.1, 0.15) is 18.1 Å². The molecule has 0 saturated heterocycles. The predicted octanol–water partition coefficient (Wildman–Crippen LogP) is 4.63. The Morgan fingerprint density at radius 2 is 1.72 bits per heavy atom. The van der Waals surface area contributed by atoms with Crippen LogP contribution in [0.5, 0.6) is 0 Å². The zero-order valence-corrected chi connectivity index (χ0v) is 16.7. The fourth-order valence-electron chi connectivity index (χ4n) is 4.19. The van der Waals surface area contributed by atoms with Crippen LogP contribution in [0.2, 0.25) is 5.15 Å². The average molecular weight is 401 g/mol. The van der Waals surface area contributed by atoms with E-state index in [1.165, 1.54) is 0 Å². The highest BCUT2D eigenvalue weighted by molar-refractivity contribution is 6.29. The number of pyridine rings is 3.